The summed E-state index contributed by atoms with van der Waals surface area (Å²) in [6.07, 6.45) is 1.59. The number of carbonyl (C=O) groups excluding carboxylic acids is 1. The molecule has 0 amide bonds. The van der Waals surface area contributed by atoms with Gasteiger partial charge in [0, 0.05) is 24.0 Å². The quantitative estimate of drug-likeness (QED) is 0.842. The SMILES string of the molecule is C=C(C)Nc1cc(=O)n2c(c1C(=O)OCC)CCC2. The highest BCUT2D eigenvalue weighted by atomic mass is 16.5. The van der Waals surface area contributed by atoms with Crippen LogP contribution in [0, 0.1) is 0 Å². The Bertz CT molecular complexity index is 587. The molecule has 0 aromatic carbocycles. The Morgan fingerprint density at radius 2 is 2.32 bits per heavy atom. The Labute approximate surface area is 111 Å². The summed E-state index contributed by atoms with van der Waals surface area (Å²) in [6, 6.07) is 1.44. The summed E-state index contributed by atoms with van der Waals surface area (Å²) in [6.45, 7) is 8.26. The van der Waals surface area contributed by atoms with E-state index in [4.69, 9.17) is 4.74 Å². The highest BCUT2D eigenvalue weighted by Crippen LogP contribution is 2.25. The first-order valence-corrected chi connectivity index (χ1v) is 6.41. The third-order valence-electron chi connectivity index (χ3n) is 3.04. The Kier molecular flexibility index (Phi) is 3.74. The van der Waals surface area contributed by atoms with Gasteiger partial charge in [0.1, 0.15) is 5.56 Å². The average Bonchev–Trinajstić information content (AvgIpc) is 2.77. The van der Waals surface area contributed by atoms with Gasteiger partial charge < -0.3 is 14.6 Å². The lowest BCUT2D eigenvalue weighted by Gasteiger charge is -2.15. The molecule has 19 heavy (non-hydrogen) atoms. The molecule has 2 heterocycles. The number of ether oxygens (including phenoxy) is 1. The zero-order valence-corrected chi connectivity index (χ0v) is 11.3. The zero-order chi connectivity index (χ0) is 14.0. The van der Waals surface area contributed by atoms with Gasteiger partial charge >= 0.3 is 5.97 Å². The van der Waals surface area contributed by atoms with Crippen molar-refractivity contribution in [2.24, 2.45) is 0 Å². The minimum absolute atomic E-state index is 0.0932. The van der Waals surface area contributed by atoms with Crippen molar-refractivity contribution in [1.29, 1.82) is 0 Å². The molecule has 0 aliphatic carbocycles. The van der Waals surface area contributed by atoms with E-state index >= 15 is 0 Å². The van der Waals surface area contributed by atoms with E-state index in [0.717, 1.165) is 18.5 Å². The van der Waals surface area contributed by atoms with E-state index < -0.39 is 5.97 Å². The summed E-state index contributed by atoms with van der Waals surface area (Å²) in [5.41, 5.74) is 2.29. The summed E-state index contributed by atoms with van der Waals surface area (Å²) < 4.78 is 6.74. The maximum absolute atomic E-state index is 12.1. The molecule has 1 aromatic heterocycles. The van der Waals surface area contributed by atoms with E-state index in [-0.39, 0.29) is 5.56 Å². The van der Waals surface area contributed by atoms with Gasteiger partial charge in [0.05, 0.1) is 12.3 Å². The number of fused-ring (bicyclic) bond motifs is 1. The minimum atomic E-state index is -0.392. The van der Waals surface area contributed by atoms with Crippen molar-refractivity contribution in [3.8, 4) is 0 Å². The minimum Gasteiger partial charge on any atom is -0.462 e. The Balaban J connectivity index is 2.59. The van der Waals surface area contributed by atoms with Crippen LogP contribution in [0.25, 0.3) is 0 Å². The van der Waals surface area contributed by atoms with Crippen LogP contribution in [0.5, 0.6) is 0 Å². The van der Waals surface area contributed by atoms with Crippen LogP contribution >= 0.6 is 0 Å². The molecular formula is C14H18N2O3. The number of aromatic nitrogens is 1. The molecule has 0 saturated carbocycles. The van der Waals surface area contributed by atoms with Gasteiger partial charge in [-0.15, -0.1) is 0 Å². The molecule has 1 aromatic rings. The molecule has 0 spiro atoms. The second-order valence-corrected chi connectivity index (χ2v) is 4.60. The van der Waals surface area contributed by atoms with Crippen LogP contribution < -0.4 is 10.9 Å². The van der Waals surface area contributed by atoms with Crippen molar-refractivity contribution in [2.45, 2.75) is 33.2 Å². The number of hydrogen-bond acceptors (Lipinski definition) is 4. The lowest BCUT2D eigenvalue weighted by molar-refractivity contribution is 0.0525. The predicted molar refractivity (Wildman–Crippen MR) is 73.4 cm³/mol. The number of esters is 1. The van der Waals surface area contributed by atoms with Crippen LogP contribution in [0.15, 0.2) is 23.1 Å². The number of hydrogen-bond donors (Lipinski definition) is 1. The standard InChI is InChI=1S/C14H18N2O3/c1-4-19-14(18)13-10(15-9(2)3)8-12(17)16-7-5-6-11(13)16/h8,15H,2,4-7H2,1,3H3. The summed E-state index contributed by atoms with van der Waals surface area (Å²) in [4.78, 5) is 24.1. The number of allylic oxidation sites excluding steroid dienone is 1. The maximum Gasteiger partial charge on any atom is 0.342 e. The molecule has 5 nitrogen and oxygen atoms in total. The lowest BCUT2D eigenvalue weighted by Crippen LogP contribution is -2.24. The summed E-state index contributed by atoms with van der Waals surface area (Å²) in [7, 11) is 0. The Hall–Kier alpha value is -2.04. The first kappa shape index (κ1) is 13.4. The van der Waals surface area contributed by atoms with Crippen LogP contribution in [-0.4, -0.2) is 17.1 Å². The number of anilines is 1. The monoisotopic (exact) mass is 262 g/mol. The Morgan fingerprint density at radius 3 is 2.95 bits per heavy atom. The number of rotatable bonds is 4. The molecule has 0 bridgehead atoms. The fourth-order valence-electron chi connectivity index (χ4n) is 2.37. The van der Waals surface area contributed by atoms with Crippen LogP contribution in [0.3, 0.4) is 0 Å². The van der Waals surface area contributed by atoms with E-state index in [1.54, 1.807) is 18.4 Å². The van der Waals surface area contributed by atoms with Gasteiger partial charge in [-0.2, -0.15) is 0 Å². The van der Waals surface area contributed by atoms with E-state index in [9.17, 15) is 9.59 Å². The molecule has 0 fully saturated rings. The topological polar surface area (TPSA) is 60.3 Å². The lowest BCUT2D eigenvalue weighted by atomic mass is 10.1. The van der Waals surface area contributed by atoms with Crippen molar-refractivity contribution >= 4 is 11.7 Å². The highest BCUT2D eigenvalue weighted by molar-refractivity contribution is 5.97. The normalized spacial score (nSPS) is 12.9. The molecule has 1 aliphatic heterocycles. The zero-order valence-electron chi connectivity index (χ0n) is 11.3. The van der Waals surface area contributed by atoms with Gasteiger partial charge in [-0.05, 0) is 26.7 Å². The Morgan fingerprint density at radius 1 is 1.58 bits per heavy atom. The fourth-order valence-corrected chi connectivity index (χ4v) is 2.37. The van der Waals surface area contributed by atoms with Crippen molar-refractivity contribution in [3.63, 3.8) is 0 Å². The average molecular weight is 262 g/mol. The third-order valence-corrected chi connectivity index (χ3v) is 3.04. The van der Waals surface area contributed by atoms with Gasteiger partial charge in [0.25, 0.3) is 5.56 Å². The number of nitrogens with one attached hydrogen (secondary N) is 1. The van der Waals surface area contributed by atoms with Gasteiger partial charge in [0.15, 0.2) is 0 Å². The van der Waals surface area contributed by atoms with Crippen molar-refractivity contribution in [1.82, 2.24) is 4.57 Å². The van der Waals surface area contributed by atoms with E-state index in [1.807, 2.05) is 0 Å². The van der Waals surface area contributed by atoms with Crippen LogP contribution in [0.2, 0.25) is 0 Å². The van der Waals surface area contributed by atoms with Crippen LogP contribution in [-0.2, 0) is 17.7 Å². The molecule has 102 valence electrons. The van der Waals surface area contributed by atoms with Gasteiger partial charge in [0.2, 0.25) is 0 Å². The maximum atomic E-state index is 12.1. The van der Waals surface area contributed by atoms with Crippen LogP contribution in [0.1, 0.15) is 36.3 Å². The van der Waals surface area contributed by atoms with Gasteiger partial charge in [-0.25, -0.2) is 4.79 Å². The first-order valence-electron chi connectivity index (χ1n) is 6.41. The molecule has 0 atom stereocenters. The van der Waals surface area contributed by atoms with E-state index in [0.29, 0.717) is 30.1 Å². The van der Waals surface area contributed by atoms with Gasteiger partial charge in [-0.1, -0.05) is 6.58 Å². The third kappa shape index (κ3) is 2.54. The number of pyridine rings is 1. The smallest absolute Gasteiger partial charge is 0.342 e. The fraction of sp³-hybridized carbons (Fsp3) is 0.429. The molecule has 0 unspecified atom stereocenters. The summed E-state index contributed by atoms with van der Waals surface area (Å²) >= 11 is 0. The molecular weight excluding hydrogens is 244 g/mol. The van der Waals surface area contributed by atoms with E-state index in [2.05, 4.69) is 11.9 Å². The molecule has 1 aliphatic rings. The van der Waals surface area contributed by atoms with Crippen molar-refractivity contribution < 1.29 is 9.53 Å². The predicted octanol–water partition coefficient (Wildman–Crippen LogP) is 1.92. The number of carbonyl (C=O) groups is 1. The highest BCUT2D eigenvalue weighted by Gasteiger charge is 2.25. The van der Waals surface area contributed by atoms with Crippen LogP contribution in [0.4, 0.5) is 5.69 Å². The summed E-state index contributed by atoms with van der Waals surface area (Å²) in [5, 5.41) is 2.97. The van der Waals surface area contributed by atoms with Crippen molar-refractivity contribution in [2.75, 3.05) is 11.9 Å². The molecule has 0 saturated heterocycles. The molecule has 5 heteroatoms. The van der Waals surface area contributed by atoms with E-state index in [1.165, 1.54) is 6.07 Å². The second kappa shape index (κ2) is 5.30. The second-order valence-electron chi connectivity index (χ2n) is 4.60. The molecule has 0 radical (unpaired) electrons. The van der Waals surface area contributed by atoms with Crippen molar-refractivity contribution in [3.05, 3.63) is 40.0 Å². The molecule has 2 rings (SSSR count). The molecule has 1 N–H and O–H groups in total. The van der Waals surface area contributed by atoms with Gasteiger partial charge in [-0.3, -0.25) is 4.79 Å². The largest absolute Gasteiger partial charge is 0.462 e. The summed E-state index contributed by atoms with van der Waals surface area (Å²) in [5.74, 6) is -0.392. The first-order chi connectivity index (χ1) is 9.04. The number of nitrogens with zero attached hydrogens (tertiary/aromatic N) is 1.